The van der Waals surface area contributed by atoms with Crippen LogP contribution in [-0.2, 0) is 0 Å². The van der Waals surface area contributed by atoms with Crippen LogP contribution in [0.4, 0.5) is 0 Å². The second-order valence-corrected chi connectivity index (χ2v) is 3.98. The van der Waals surface area contributed by atoms with Gasteiger partial charge < -0.3 is 4.90 Å². The van der Waals surface area contributed by atoms with Crippen LogP contribution in [0.15, 0.2) is 12.7 Å². The molecule has 0 rings (SSSR count). The molecule has 84 valence electrons. The molecule has 0 bridgehead atoms. The van der Waals surface area contributed by atoms with Gasteiger partial charge in [-0.2, -0.15) is 0 Å². The zero-order valence-corrected chi connectivity index (χ0v) is 10.1. The van der Waals surface area contributed by atoms with Crippen LogP contribution < -0.4 is 0 Å². The molecule has 0 aromatic rings. The van der Waals surface area contributed by atoms with Crippen LogP contribution in [-0.4, -0.2) is 24.5 Å². The predicted molar refractivity (Wildman–Crippen MR) is 65.7 cm³/mol. The SMILES string of the molecule is C=CCCCN(CCC)CCCCC. The monoisotopic (exact) mass is 197 g/mol. The summed E-state index contributed by atoms with van der Waals surface area (Å²) in [5.41, 5.74) is 0. The minimum Gasteiger partial charge on any atom is -0.303 e. The van der Waals surface area contributed by atoms with Crippen molar-refractivity contribution in [2.45, 2.75) is 52.4 Å². The van der Waals surface area contributed by atoms with Gasteiger partial charge in [0.15, 0.2) is 0 Å². The summed E-state index contributed by atoms with van der Waals surface area (Å²) in [6.45, 7) is 12.1. The van der Waals surface area contributed by atoms with Crippen LogP contribution in [0, 0.1) is 0 Å². The number of hydrogen-bond acceptors (Lipinski definition) is 1. The van der Waals surface area contributed by atoms with Gasteiger partial charge in [-0.15, -0.1) is 6.58 Å². The van der Waals surface area contributed by atoms with Crippen LogP contribution in [0.2, 0.25) is 0 Å². The van der Waals surface area contributed by atoms with E-state index in [1.54, 1.807) is 0 Å². The maximum Gasteiger partial charge on any atom is -0.00158 e. The van der Waals surface area contributed by atoms with Gasteiger partial charge in [0.25, 0.3) is 0 Å². The molecule has 0 fully saturated rings. The first-order chi connectivity index (χ1) is 6.85. The van der Waals surface area contributed by atoms with E-state index in [2.05, 4.69) is 25.3 Å². The molecular formula is C13H27N. The fraction of sp³-hybridized carbons (Fsp3) is 0.846. The summed E-state index contributed by atoms with van der Waals surface area (Å²) in [6, 6.07) is 0. The molecule has 1 heteroatoms. The van der Waals surface area contributed by atoms with Gasteiger partial charge in [0, 0.05) is 0 Å². The molecule has 0 aromatic heterocycles. The van der Waals surface area contributed by atoms with Crippen molar-refractivity contribution >= 4 is 0 Å². The first-order valence-corrected chi connectivity index (χ1v) is 6.18. The van der Waals surface area contributed by atoms with Gasteiger partial charge in [-0.05, 0) is 45.3 Å². The van der Waals surface area contributed by atoms with Gasteiger partial charge in [-0.1, -0.05) is 32.8 Å². The lowest BCUT2D eigenvalue weighted by Crippen LogP contribution is -2.26. The molecule has 0 amide bonds. The topological polar surface area (TPSA) is 3.24 Å². The Kier molecular flexibility index (Phi) is 10.5. The van der Waals surface area contributed by atoms with E-state index in [9.17, 15) is 0 Å². The summed E-state index contributed by atoms with van der Waals surface area (Å²) in [6.07, 6.45) is 9.80. The fourth-order valence-electron chi connectivity index (χ4n) is 1.70. The van der Waals surface area contributed by atoms with Crippen LogP contribution >= 0.6 is 0 Å². The average Bonchev–Trinajstić information content (AvgIpc) is 2.18. The number of nitrogens with zero attached hydrogens (tertiary/aromatic N) is 1. The molecule has 0 saturated heterocycles. The van der Waals surface area contributed by atoms with E-state index in [-0.39, 0.29) is 0 Å². The zero-order valence-electron chi connectivity index (χ0n) is 10.1. The Labute approximate surface area is 90.2 Å². The van der Waals surface area contributed by atoms with Gasteiger partial charge >= 0.3 is 0 Å². The molecule has 0 heterocycles. The second-order valence-electron chi connectivity index (χ2n) is 3.98. The Bertz CT molecular complexity index is 120. The molecule has 0 aliphatic heterocycles. The van der Waals surface area contributed by atoms with Crippen molar-refractivity contribution in [3.8, 4) is 0 Å². The van der Waals surface area contributed by atoms with E-state index in [4.69, 9.17) is 0 Å². The lowest BCUT2D eigenvalue weighted by molar-refractivity contribution is 0.265. The minimum atomic E-state index is 1.16. The molecule has 1 nitrogen and oxygen atoms in total. The van der Waals surface area contributed by atoms with Crippen LogP contribution in [0.25, 0.3) is 0 Å². The Morgan fingerprint density at radius 3 is 2.21 bits per heavy atom. The molecule has 0 saturated carbocycles. The zero-order chi connectivity index (χ0) is 10.6. The van der Waals surface area contributed by atoms with Crippen LogP contribution in [0.3, 0.4) is 0 Å². The third-order valence-electron chi connectivity index (χ3n) is 2.50. The Balaban J connectivity index is 3.48. The molecule has 0 aliphatic rings. The van der Waals surface area contributed by atoms with E-state index < -0.39 is 0 Å². The maximum atomic E-state index is 3.76. The molecule has 0 spiro atoms. The first kappa shape index (κ1) is 13.7. The van der Waals surface area contributed by atoms with E-state index >= 15 is 0 Å². The van der Waals surface area contributed by atoms with Crippen molar-refractivity contribution in [1.29, 1.82) is 0 Å². The van der Waals surface area contributed by atoms with Gasteiger partial charge in [0.05, 0.1) is 0 Å². The van der Waals surface area contributed by atoms with E-state index in [1.807, 2.05) is 6.08 Å². The van der Waals surface area contributed by atoms with Crippen molar-refractivity contribution in [2.75, 3.05) is 19.6 Å². The van der Waals surface area contributed by atoms with Gasteiger partial charge in [-0.25, -0.2) is 0 Å². The van der Waals surface area contributed by atoms with Crippen molar-refractivity contribution in [3.05, 3.63) is 12.7 Å². The number of allylic oxidation sites excluding steroid dienone is 1. The summed E-state index contributed by atoms with van der Waals surface area (Å²) in [7, 11) is 0. The third-order valence-corrected chi connectivity index (χ3v) is 2.50. The van der Waals surface area contributed by atoms with Gasteiger partial charge in [0.2, 0.25) is 0 Å². The van der Waals surface area contributed by atoms with E-state index in [0.717, 1.165) is 6.42 Å². The molecular weight excluding hydrogens is 170 g/mol. The molecule has 0 aromatic carbocycles. The first-order valence-electron chi connectivity index (χ1n) is 6.18. The number of unbranched alkanes of at least 4 members (excludes halogenated alkanes) is 3. The lowest BCUT2D eigenvalue weighted by Gasteiger charge is -2.21. The highest BCUT2D eigenvalue weighted by atomic mass is 15.1. The standard InChI is InChI=1S/C13H27N/c1-4-7-9-12-14(11-6-3)13-10-8-5-2/h4H,1,5-13H2,2-3H3. The lowest BCUT2D eigenvalue weighted by atomic mass is 10.2. The highest BCUT2D eigenvalue weighted by Crippen LogP contribution is 2.02. The van der Waals surface area contributed by atoms with Crippen molar-refractivity contribution in [3.63, 3.8) is 0 Å². The normalized spacial score (nSPS) is 10.8. The van der Waals surface area contributed by atoms with Crippen LogP contribution in [0.1, 0.15) is 52.4 Å². The fourth-order valence-corrected chi connectivity index (χ4v) is 1.70. The largest absolute Gasteiger partial charge is 0.303 e. The second kappa shape index (κ2) is 10.8. The molecule has 0 unspecified atom stereocenters. The summed E-state index contributed by atoms with van der Waals surface area (Å²) < 4.78 is 0. The Morgan fingerprint density at radius 1 is 0.929 bits per heavy atom. The highest BCUT2D eigenvalue weighted by molar-refractivity contribution is 4.67. The van der Waals surface area contributed by atoms with Gasteiger partial charge in [0.1, 0.15) is 0 Å². The summed E-state index contributed by atoms with van der Waals surface area (Å²) >= 11 is 0. The minimum absolute atomic E-state index is 1.16. The molecule has 0 atom stereocenters. The summed E-state index contributed by atoms with van der Waals surface area (Å²) in [5.74, 6) is 0. The van der Waals surface area contributed by atoms with E-state index in [0.29, 0.717) is 0 Å². The predicted octanol–water partition coefficient (Wildman–Crippen LogP) is 3.85. The summed E-state index contributed by atoms with van der Waals surface area (Å²) in [5, 5.41) is 0. The van der Waals surface area contributed by atoms with E-state index in [1.165, 1.54) is 51.7 Å². The average molecular weight is 197 g/mol. The quantitative estimate of drug-likeness (QED) is 0.380. The molecule has 0 radical (unpaired) electrons. The van der Waals surface area contributed by atoms with Gasteiger partial charge in [-0.3, -0.25) is 0 Å². The summed E-state index contributed by atoms with van der Waals surface area (Å²) in [4.78, 5) is 2.60. The third kappa shape index (κ3) is 8.31. The van der Waals surface area contributed by atoms with Crippen molar-refractivity contribution < 1.29 is 0 Å². The highest BCUT2D eigenvalue weighted by Gasteiger charge is 2.01. The molecule has 0 N–H and O–H groups in total. The Hall–Kier alpha value is -0.300. The number of rotatable bonds is 10. The van der Waals surface area contributed by atoms with Crippen LogP contribution in [0.5, 0.6) is 0 Å². The Morgan fingerprint density at radius 2 is 1.64 bits per heavy atom. The smallest absolute Gasteiger partial charge is 0.00158 e. The van der Waals surface area contributed by atoms with Crippen molar-refractivity contribution in [1.82, 2.24) is 4.90 Å². The maximum absolute atomic E-state index is 3.76. The molecule has 14 heavy (non-hydrogen) atoms. The van der Waals surface area contributed by atoms with Crippen molar-refractivity contribution in [2.24, 2.45) is 0 Å². The molecule has 0 aliphatic carbocycles. The number of hydrogen-bond donors (Lipinski definition) is 0.